The van der Waals surface area contributed by atoms with Gasteiger partial charge >= 0.3 is 0 Å². The standard InChI is InChI=1S/C16H23FO3/c17-15-8-2-1-7-14(15)16(11-18,12-19)9-3-5-13-6-4-10-20-13/h1-2,7-8,13,18-19H,3-6,9-12H2. The molecule has 0 amide bonds. The van der Waals surface area contributed by atoms with Gasteiger partial charge in [-0.2, -0.15) is 0 Å². The van der Waals surface area contributed by atoms with Gasteiger partial charge in [0.25, 0.3) is 0 Å². The normalized spacial score (nSPS) is 19.4. The maximum Gasteiger partial charge on any atom is 0.127 e. The molecule has 2 N–H and O–H groups in total. The second-order valence-corrected chi connectivity index (χ2v) is 5.60. The summed E-state index contributed by atoms with van der Waals surface area (Å²) in [4.78, 5) is 0. The first-order valence-electron chi connectivity index (χ1n) is 7.30. The van der Waals surface area contributed by atoms with Crippen molar-refractivity contribution in [3.05, 3.63) is 35.6 Å². The molecule has 1 saturated heterocycles. The van der Waals surface area contributed by atoms with E-state index >= 15 is 0 Å². The molecule has 0 saturated carbocycles. The van der Waals surface area contributed by atoms with E-state index in [1.165, 1.54) is 6.07 Å². The van der Waals surface area contributed by atoms with Crippen LogP contribution in [0.1, 0.15) is 37.7 Å². The highest BCUT2D eigenvalue weighted by Crippen LogP contribution is 2.32. The molecule has 1 aromatic carbocycles. The zero-order chi connectivity index (χ0) is 14.4. The Kier molecular flexibility index (Phi) is 5.52. The number of rotatable bonds is 7. The zero-order valence-electron chi connectivity index (χ0n) is 11.7. The highest BCUT2D eigenvalue weighted by atomic mass is 19.1. The number of aliphatic hydroxyl groups is 2. The Morgan fingerprint density at radius 3 is 2.60 bits per heavy atom. The molecule has 1 heterocycles. The van der Waals surface area contributed by atoms with E-state index in [4.69, 9.17) is 4.74 Å². The Labute approximate surface area is 119 Å². The Bertz CT molecular complexity index is 412. The van der Waals surface area contributed by atoms with Crippen LogP contribution in [0.4, 0.5) is 4.39 Å². The van der Waals surface area contributed by atoms with Crippen LogP contribution in [0.25, 0.3) is 0 Å². The number of hydrogen-bond acceptors (Lipinski definition) is 3. The molecule has 0 radical (unpaired) electrons. The van der Waals surface area contributed by atoms with Gasteiger partial charge in [0.1, 0.15) is 5.82 Å². The number of benzene rings is 1. The first-order valence-corrected chi connectivity index (χ1v) is 7.30. The average Bonchev–Trinajstić information content (AvgIpc) is 2.98. The fraction of sp³-hybridized carbons (Fsp3) is 0.625. The van der Waals surface area contributed by atoms with E-state index in [9.17, 15) is 14.6 Å². The third-order valence-corrected chi connectivity index (χ3v) is 4.26. The van der Waals surface area contributed by atoms with Crippen molar-refractivity contribution in [3.8, 4) is 0 Å². The predicted octanol–water partition coefficient (Wildman–Crippen LogP) is 2.40. The van der Waals surface area contributed by atoms with Crippen LogP contribution in [0.3, 0.4) is 0 Å². The third kappa shape index (κ3) is 3.37. The van der Waals surface area contributed by atoms with Crippen molar-refractivity contribution in [2.75, 3.05) is 19.8 Å². The number of aliphatic hydroxyl groups excluding tert-OH is 2. The van der Waals surface area contributed by atoms with E-state index in [0.29, 0.717) is 12.0 Å². The Morgan fingerprint density at radius 1 is 1.25 bits per heavy atom. The molecule has 1 fully saturated rings. The van der Waals surface area contributed by atoms with Gasteiger partial charge in [0, 0.05) is 12.0 Å². The molecule has 1 aliphatic heterocycles. The summed E-state index contributed by atoms with van der Waals surface area (Å²) in [7, 11) is 0. The fourth-order valence-electron chi connectivity index (χ4n) is 2.94. The topological polar surface area (TPSA) is 49.7 Å². The van der Waals surface area contributed by atoms with Crippen LogP contribution in [0.2, 0.25) is 0 Å². The summed E-state index contributed by atoms with van der Waals surface area (Å²) in [6, 6.07) is 6.37. The van der Waals surface area contributed by atoms with Crippen molar-refractivity contribution in [3.63, 3.8) is 0 Å². The SMILES string of the molecule is OCC(CO)(CCCC1CCCO1)c1ccccc1F. The second-order valence-electron chi connectivity index (χ2n) is 5.60. The van der Waals surface area contributed by atoms with Gasteiger partial charge in [0.15, 0.2) is 0 Å². The largest absolute Gasteiger partial charge is 0.395 e. The maximum atomic E-state index is 13.9. The molecule has 1 unspecified atom stereocenters. The first-order chi connectivity index (χ1) is 9.72. The van der Waals surface area contributed by atoms with Gasteiger partial charge in [-0.15, -0.1) is 0 Å². The van der Waals surface area contributed by atoms with E-state index in [1.54, 1.807) is 18.2 Å². The lowest BCUT2D eigenvalue weighted by atomic mass is 9.77. The molecule has 0 bridgehead atoms. The lowest BCUT2D eigenvalue weighted by Gasteiger charge is -2.31. The van der Waals surface area contributed by atoms with Crippen molar-refractivity contribution in [2.24, 2.45) is 0 Å². The summed E-state index contributed by atoms with van der Waals surface area (Å²) in [6.07, 6.45) is 4.72. The van der Waals surface area contributed by atoms with Crippen LogP contribution >= 0.6 is 0 Å². The number of halogens is 1. The smallest absolute Gasteiger partial charge is 0.127 e. The summed E-state index contributed by atoms with van der Waals surface area (Å²) >= 11 is 0. The van der Waals surface area contributed by atoms with E-state index in [0.717, 1.165) is 32.3 Å². The molecule has 20 heavy (non-hydrogen) atoms. The van der Waals surface area contributed by atoms with Gasteiger partial charge in [-0.3, -0.25) is 0 Å². The molecule has 0 aliphatic carbocycles. The number of hydrogen-bond donors (Lipinski definition) is 2. The minimum Gasteiger partial charge on any atom is -0.395 e. The zero-order valence-corrected chi connectivity index (χ0v) is 11.7. The Balaban J connectivity index is 2.03. The van der Waals surface area contributed by atoms with E-state index in [2.05, 4.69) is 0 Å². The molecule has 4 heteroatoms. The second kappa shape index (κ2) is 7.16. The predicted molar refractivity (Wildman–Crippen MR) is 75.1 cm³/mol. The Hall–Kier alpha value is -0.970. The molecule has 3 nitrogen and oxygen atoms in total. The Morgan fingerprint density at radius 2 is 2.00 bits per heavy atom. The van der Waals surface area contributed by atoms with Gasteiger partial charge in [-0.05, 0) is 43.7 Å². The summed E-state index contributed by atoms with van der Waals surface area (Å²) in [5.41, 5.74) is -0.499. The molecule has 112 valence electrons. The van der Waals surface area contributed by atoms with Crippen LogP contribution in [-0.2, 0) is 10.2 Å². The van der Waals surface area contributed by atoms with Crippen LogP contribution < -0.4 is 0 Å². The highest BCUT2D eigenvalue weighted by Gasteiger charge is 2.33. The van der Waals surface area contributed by atoms with Crippen molar-refractivity contribution in [1.82, 2.24) is 0 Å². The van der Waals surface area contributed by atoms with Crippen LogP contribution in [0.15, 0.2) is 24.3 Å². The van der Waals surface area contributed by atoms with Gasteiger partial charge in [-0.25, -0.2) is 4.39 Å². The van der Waals surface area contributed by atoms with E-state index < -0.39 is 5.41 Å². The minimum absolute atomic E-state index is 0.254. The van der Waals surface area contributed by atoms with E-state index in [-0.39, 0.29) is 25.1 Å². The van der Waals surface area contributed by atoms with Gasteiger partial charge in [0.2, 0.25) is 0 Å². The molecule has 0 aromatic heterocycles. The molecule has 1 aliphatic rings. The molecule has 2 rings (SSSR count). The monoisotopic (exact) mass is 282 g/mol. The first kappa shape index (κ1) is 15.4. The summed E-state index contributed by atoms with van der Waals surface area (Å²) in [5.74, 6) is -0.368. The summed E-state index contributed by atoms with van der Waals surface area (Å²) in [5, 5.41) is 19.4. The summed E-state index contributed by atoms with van der Waals surface area (Å²) in [6.45, 7) is 0.315. The third-order valence-electron chi connectivity index (χ3n) is 4.26. The fourth-order valence-corrected chi connectivity index (χ4v) is 2.94. The summed E-state index contributed by atoms with van der Waals surface area (Å²) < 4.78 is 19.5. The van der Waals surface area contributed by atoms with Crippen LogP contribution in [0.5, 0.6) is 0 Å². The minimum atomic E-state index is -0.899. The van der Waals surface area contributed by atoms with Crippen molar-refractivity contribution in [2.45, 2.75) is 43.6 Å². The molecular formula is C16H23FO3. The van der Waals surface area contributed by atoms with Crippen molar-refractivity contribution < 1.29 is 19.3 Å². The van der Waals surface area contributed by atoms with Crippen LogP contribution in [-0.4, -0.2) is 36.1 Å². The lowest BCUT2D eigenvalue weighted by Crippen LogP contribution is -2.36. The average molecular weight is 282 g/mol. The number of ether oxygens (including phenoxy) is 1. The lowest BCUT2D eigenvalue weighted by molar-refractivity contribution is 0.0828. The molecule has 0 spiro atoms. The van der Waals surface area contributed by atoms with Crippen molar-refractivity contribution in [1.29, 1.82) is 0 Å². The maximum absolute atomic E-state index is 13.9. The highest BCUT2D eigenvalue weighted by molar-refractivity contribution is 5.27. The van der Waals surface area contributed by atoms with Gasteiger partial charge < -0.3 is 14.9 Å². The molecule has 1 aromatic rings. The van der Waals surface area contributed by atoms with Crippen LogP contribution in [0, 0.1) is 5.82 Å². The van der Waals surface area contributed by atoms with Gasteiger partial charge in [-0.1, -0.05) is 18.2 Å². The molecule has 1 atom stereocenters. The molecular weight excluding hydrogens is 259 g/mol. The quantitative estimate of drug-likeness (QED) is 0.807. The van der Waals surface area contributed by atoms with Crippen molar-refractivity contribution >= 4 is 0 Å². The van der Waals surface area contributed by atoms with E-state index in [1.807, 2.05) is 0 Å². The van der Waals surface area contributed by atoms with Gasteiger partial charge in [0.05, 0.1) is 19.3 Å².